The van der Waals surface area contributed by atoms with Gasteiger partial charge in [-0.25, -0.2) is 9.78 Å². The van der Waals surface area contributed by atoms with E-state index in [9.17, 15) is 13.8 Å². The monoisotopic (exact) mass is 429 g/mol. The summed E-state index contributed by atoms with van der Waals surface area (Å²) >= 11 is 0. The Balaban J connectivity index is 1.40. The molecule has 2 aromatic rings. The molecular formula is C20H23N5O4S. The van der Waals surface area contributed by atoms with Gasteiger partial charge in [-0.2, -0.15) is 0 Å². The number of hydrogen-bond donors (Lipinski definition) is 1. The summed E-state index contributed by atoms with van der Waals surface area (Å²) in [6.45, 7) is 3.57. The molecule has 2 aromatic heterocycles. The van der Waals surface area contributed by atoms with Crippen LogP contribution >= 0.6 is 0 Å². The smallest absolute Gasteiger partial charge is 0.414 e. The second kappa shape index (κ2) is 8.78. The topological polar surface area (TPSA) is 105 Å². The third-order valence-corrected chi connectivity index (χ3v) is 6.33. The summed E-state index contributed by atoms with van der Waals surface area (Å²) in [6, 6.07) is 7.57. The van der Waals surface area contributed by atoms with E-state index < -0.39 is 16.9 Å². The summed E-state index contributed by atoms with van der Waals surface area (Å²) in [5, 5.41) is 2.66. The van der Waals surface area contributed by atoms with Crippen molar-refractivity contribution >= 4 is 34.3 Å². The number of cyclic esters (lactones) is 1. The van der Waals surface area contributed by atoms with Crippen molar-refractivity contribution in [3.63, 3.8) is 0 Å². The van der Waals surface area contributed by atoms with Gasteiger partial charge in [0.25, 0.3) is 0 Å². The Morgan fingerprint density at radius 2 is 2.00 bits per heavy atom. The van der Waals surface area contributed by atoms with Crippen molar-refractivity contribution in [2.45, 2.75) is 13.0 Å². The molecule has 4 rings (SSSR count). The lowest BCUT2D eigenvalue weighted by molar-refractivity contribution is -0.119. The summed E-state index contributed by atoms with van der Waals surface area (Å²) < 4.78 is 16.8. The molecule has 1 atom stereocenters. The van der Waals surface area contributed by atoms with Crippen molar-refractivity contribution in [3.05, 3.63) is 36.7 Å². The summed E-state index contributed by atoms with van der Waals surface area (Å²) in [5.74, 6) is 2.07. The van der Waals surface area contributed by atoms with E-state index >= 15 is 0 Å². The number of ether oxygens (including phenoxy) is 1. The zero-order valence-electron chi connectivity index (χ0n) is 16.6. The van der Waals surface area contributed by atoms with E-state index in [0.29, 0.717) is 23.7 Å². The molecule has 2 fully saturated rings. The van der Waals surface area contributed by atoms with Crippen LogP contribution in [-0.2, 0) is 20.3 Å². The van der Waals surface area contributed by atoms with Crippen molar-refractivity contribution in [2.75, 3.05) is 47.5 Å². The number of pyridine rings is 2. The number of anilines is 2. The Kier molecular flexibility index (Phi) is 5.93. The van der Waals surface area contributed by atoms with Crippen molar-refractivity contribution in [1.82, 2.24) is 15.3 Å². The van der Waals surface area contributed by atoms with Gasteiger partial charge in [0.2, 0.25) is 5.91 Å². The molecule has 0 bridgehead atoms. The molecule has 0 spiro atoms. The number of rotatable bonds is 5. The van der Waals surface area contributed by atoms with Gasteiger partial charge in [-0.05, 0) is 24.3 Å². The number of amides is 2. The lowest BCUT2D eigenvalue weighted by Crippen LogP contribution is -2.38. The maximum atomic E-state index is 12.1. The normalized spacial score (nSPS) is 19.6. The average molecular weight is 430 g/mol. The highest BCUT2D eigenvalue weighted by molar-refractivity contribution is 7.85. The maximum Gasteiger partial charge on any atom is 0.414 e. The van der Waals surface area contributed by atoms with Gasteiger partial charge in [0.05, 0.1) is 30.7 Å². The van der Waals surface area contributed by atoms with Crippen molar-refractivity contribution in [1.29, 1.82) is 0 Å². The number of carbonyl (C=O) groups excluding carboxylic acids is 2. The molecule has 9 nitrogen and oxygen atoms in total. The molecule has 2 aliphatic rings. The van der Waals surface area contributed by atoms with E-state index in [1.165, 1.54) is 11.8 Å². The molecule has 0 saturated carbocycles. The quantitative estimate of drug-likeness (QED) is 0.761. The zero-order chi connectivity index (χ0) is 21.1. The molecule has 10 heteroatoms. The minimum absolute atomic E-state index is 0.162. The van der Waals surface area contributed by atoms with E-state index in [4.69, 9.17) is 4.74 Å². The third kappa shape index (κ3) is 4.59. The molecule has 2 amide bonds. The SMILES string of the molecule is CC(=O)NC[C@H]1CN(c2ccc(-c3ccc(N4CCS(=O)CC4)nc3)nc2)C(=O)O1. The van der Waals surface area contributed by atoms with Crippen LogP contribution in [0.25, 0.3) is 11.3 Å². The van der Waals surface area contributed by atoms with Gasteiger partial charge in [0, 0.05) is 54.1 Å². The molecule has 4 heterocycles. The molecule has 158 valence electrons. The lowest BCUT2D eigenvalue weighted by Gasteiger charge is -2.27. The first-order valence-electron chi connectivity index (χ1n) is 9.74. The van der Waals surface area contributed by atoms with Crippen LogP contribution in [0, 0.1) is 0 Å². The minimum Gasteiger partial charge on any atom is -0.442 e. The zero-order valence-corrected chi connectivity index (χ0v) is 17.4. The third-order valence-electron chi connectivity index (χ3n) is 5.06. The van der Waals surface area contributed by atoms with E-state index in [0.717, 1.165) is 30.2 Å². The average Bonchev–Trinajstić information content (AvgIpc) is 3.14. The highest BCUT2D eigenvalue weighted by atomic mass is 32.2. The molecule has 1 N–H and O–H groups in total. The van der Waals surface area contributed by atoms with Crippen LogP contribution in [0.1, 0.15) is 6.92 Å². The summed E-state index contributed by atoms with van der Waals surface area (Å²) in [5.41, 5.74) is 2.26. The summed E-state index contributed by atoms with van der Waals surface area (Å²) in [6.07, 6.45) is 2.57. The van der Waals surface area contributed by atoms with Crippen LogP contribution in [0.2, 0.25) is 0 Å². The van der Waals surface area contributed by atoms with Crippen molar-refractivity contribution < 1.29 is 18.5 Å². The van der Waals surface area contributed by atoms with Crippen molar-refractivity contribution in [3.8, 4) is 11.3 Å². The number of carbonyl (C=O) groups is 2. The largest absolute Gasteiger partial charge is 0.442 e. The van der Waals surface area contributed by atoms with Crippen LogP contribution < -0.4 is 15.1 Å². The fourth-order valence-electron chi connectivity index (χ4n) is 3.40. The fourth-order valence-corrected chi connectivity index (χ4v) is 4.46. The van der Waals surface area contributed by atoms with Crippen LogP contribution in [0.4, 0.5) is 16.3 Å². The molecule has 2 aliphatic heterocycles. The Labute approximate surface area is 176 Å². The van der Waals surface area contributed by atoms with Crippen LogP contribution in [0.5, 0.6) is 0 Å². The van der Waals surface area contributed by atoms with E-state index in [-0.39, 0.29) is 18.6 Å². The second-order valence-corrected chi connectivity index (χ2v) is 8.89. The molecule has 0 aliphatic carbocycles. The highest BCUT2D eigenvalue weighted by Gasteiger charge is 2.32. The summed E-state index contributed by atoms with van der Waals surface area (Å²) in [4.78, 5) is 35.8. The number of nitrogens with zero attached hydrogens (tertiary/aromatic N) is 4. The highest BCUT2D eigenvalue weighted by Crippen LogP contribution is 2.25. The predicted octanol–water partition coefficient (Wildman–Crippen LogP) is 1.17. The molecule has 2 saturated heterocycles. The maximum absolute atomic E-state index is 12.1. The molecular weight excluding hydrogens is 406 g/mol. The Morgan fingerprint density at radius 3 is 2.63 bits per heavy atom. The van der Waals surface area contributed by atoms with Gasteiger partial charge in [0.1, 0.15) is 11.9 Å². The number of aromatic nitrogens is 2. The van der Waals surface area contributed by atoms with E-state index in [1.807, 2.05) is 24.3 Å². The van der Waals surface area contributed by atoms with Crippen LogP contribution in [-0.4, -0.2) is 70.0 Å². The molecule has 0 unspecified atom stereocenters. The lowest BCUT2D eigenvalue weighted by atomic mass is 10.2. The van der Waals surface area contributed by atoms with Gasteiger partial charge in [0.15, 0.2) is 0 Å². The second-order valence-electron chi connectivity index (χ2n) is 7.20. The number of hydrogen-bond acceptors (Lipinski definition) is 7. The minimum atomic E-state index is -0.716. The standard InChI is InChI=1S/C20H23N5O4S/c1-14(26)21-12-17-13-25(20(27)29-17)16-3-4-18(22-11-16)15-2-5-19(23-10-15)24-6-8-30(28)9-7-24/h2-5,10-11,17H,6-9,12-13H2,1H3,(H,21,26)/t17-/m0/s1. The molecule has 0 radical (unpaired) electrons. The number of nitrogens with one attached hydrogen (secondary N) is 1. The van der Waals surface area contributed by atoms with Crippen molar-refractivity contribution in [2.24, 2.45) is 0 Å². The summed E-state index contributed by atoms with van der Waals surface area (Å²) in [7, 11) is -0.716. The Hall–Kier alpha value is -3.01. The van der Waals surface area contributed by atoms with Gasteiger partial charge in [-0.3, -0.25) is 18.9 Å². The first-order valence-corrected chi connectivity index (χ1v) is 11.2. The van der Waals surface area contributed by atoms with Gasteiger partial charge < -0.3 is 15.0 Å². The molecule has 0 aromatic carbocycles. The van der Waals surface area contributed by atoms with Gasteiger partial charge >= 0.3 is 6.09 Å². The van der Waals surface area contributed by atoms with E-state index in [2.05, 4.69) is 20.2 Å². The van der Waals surface area contributed by atoms with Crippen LogP contribution in [0.15, 0.2) is 36.7 Å². The first kappa shape index (κ1) is 20.3. The predicted molar refractivity (Wildman–Crippen MR) is 114 cm³/mol. The van der Waals surface area contributed by atoms with E-state index in [1.54, 1.807) is 12.4 Å². The Bertz CT molecular complexity index is 941. The molecule has 30 heavy (non-hydrogen) atoms. The Morgan fingerprint density at radius 1 is 1.20 bits per heavy atom. The first-order chi connectivity index (χ1) is 14.5. The fraction of sp³-hybridized carbons (Fsp3) is 0.400. The van der Waals surface area contributed by atoms with Gasteiger partial charge in [-0.15, -0.1) is 0 Å². The van der Waals surface area contributed by atoms with Gasteiger partial charge in [-0.1, -0.05) is 0 Å². The van der Waals surface area contributed by atoms with Crippen LogP contribution in [0.3, 0.4) is 0 Å².